The molecule has 0 aromatic carbocycles. The van der Waals surface area contributed by atoms with E-state index >= 15 is 0 Å². The molecule has 0 aliphatic carbocycles. The molecular weight excluding hydrogens is 242 g/mol. The van der Waals surface area contributed by atoms with E-state index in [1.807, 2.05) is 6.92 Å². The average Bonchev–Trinajstić information content (AvgIpc) is 2.47. The SMILES string of the molecule is CCNc1cnccc1C(=O)N1CCCCC1CO. The van der Waals surface area contributed by atoms with E-state index in [-0.39, 0.29) is 18.6 Å². The lowest BCUT2D eigenvalue weighted by atomic mass is 10.0. The first-order valence-corrected chi connectivity index (χ1v) is 6.87. The third-order valence-electron chi connectivity index (χ3n) is 3.52. The van der Waals surface area contributed by atoms with E-state index in [9.17, 15) is 9.90 Å². The zero-order valence-electron chi connectivity index (χ0n) is 11.3. The van der Waals surface area contributed by atoms with E-state index in [1.165, 1.54) is 0 Å². The van der Waals surface area contributed by atoms with Crippen molar-refractivity contribution in [3.8, 4) is 0 Å². The molecule has 0 saturated carbocycles. The normalized spacial score (nSPS) is 19.3. The molecule has 1 aromatic rings. The molecule has 2 N–H and O–H groups in total. The lowest BCUT2D eigenvalue weighted by molar-refractivity contribution is 0.0504. The molecule has 1 fully saturated rings. The number of carbonyl (C=O) groups excluding carboxylic acids is 1. The quantitative estimate of drug-likeness (QED) is 0.864. The molecule has 1 atom stereocenters. The molecule has 0 radical (unpaired) electrons. The van der Waals surface area contributed by atoms with E-state index in [0.717, 1.165) is 38.0 Å². The molecular formula is C14H21N3O2. The molecule has 1 unspecified atom stereocenters. The maximum Gasteiger partial charge on any atom is 0.256 e. The lowest BCUT2D eigenvalue weighted by Gasteiger charge is -2.35. The van der Waals surface area contributed by atoms with Crippen molar-refractivity contribution >= 4 is 11.6 Å². The third-order valence-corrected chi connectivity index (χ3v) is 3.52. The molecule has 104 valence electrons. The predicted molar refractivity (Wildman–Crippen MR) is 74.2 cm³/mol. The van der Waals surface area contributed by atoms with Gasteiger partial charge >= 0.3 is 0 Å². The Labute approximate surface area is 113 Å². The van der Waals surface area contributed by atoms with Gasteiger partial charge in [0.2, 0.25) is 0 Å². The van der Waals surface area contributed by atoms with E-state index < -0.39 is 0 Å². The van der Waals surface area contributed by atoms with E-state index in [0.29, 0.717) is 5.56 Å². The Morgan fingerprint density at radius 3 is 3.16 bits per heavy atom. The number of rotatable bonds is 4. The molecule has 0 spiro atoms. The van der Waals surface area contributed by atoms with Crippen LogP contribution in [0, 0.1) is 0 Å². The Kier molecular flexibility index (Phi) is 4.74. The van der Waals surface area contributed by atoms with Crippen LogP contribution in [0.5, 0.6) is 0 Å². The highest BCUT2D eigenvalue weighted by Gasteiger charge is 2.28. The highest BCUT2D eigenvalue weighted by Crippen LogP contribution is 2.22. The fraction of sp³-hybridized carbons (Fsp3) is 0.571. The molecule has 2 rings (SSSR count). The number of aromatic nitrogens is 1. The second kappa shape index (κ2) is 6.52. The van der Waals surface area contributed by atoms with Gasteiger partial charge in [-0.15, -0.1) is 0 Å². The zero-order valence-corrected chi connectivity index (χ0v) is 11.3. The molecule has 1 aliphatic rings. The largest absolute Gasteiger partial charge is 0.394 e. The van der Waals surface area contributed by atoms with Crippen molar-refractivity contribution in [2.75, 3.05) is 25.0 Å². The average molecular weight is 263 g/mol. The lowest BCUT2D eigenvalue weighted by Crippen LogP contribution is -2.45. The summed E-state index contributed by atoms with van der Waals surface area (Å²) in [4.78, 5) is 18.5. The smallest absolute Gasteiger partial charge is 0.256 e. The summed E-state index contributed by atoms with van der Waals surface area (Å²) in [6.07, 6.45) is 6.26. The molecule has 1 aliphatic heterocycles. The standard InChI is InChI=1S/C14H21N3O2/c1-2-16-13-9-15-7-6-12(13)14(19)17-8-4-3-5-11(17)10-18/h6-7,9,11,16,18H,2-5,8,10H2,1H3. The summed E-state index contributed by atoms with van der Waals surface area (Å²) >= 11 is 0. The first-order valence-electron chi connectivity index (χ1n) is 6.87. The Balaban J connectivity index is 2.22. The summed E-state index contributed by atoms with van der Waals surface area (Å²) in [5, 5.41) is 12.6. The number of nitrogens with zero attached hydrogens (tertiary/aromatic N) is 2. The van der Waals surface area contributed by atoms with Gasteiger partial charge in [0.15, 0.2) is 0 Å². The van der Waals surface area contributed by atoms with Crippen LogP contribution in [0.4, 0.5) is 5.69 Å². The van der Waals surface area contributed by atoms with Gasteiger partial charge in [0, 0.05) is 19.3 Å². The summed E-state index contributed by atoms with van der Waals surface area (Å²) in [5.41, 5.74) is 1.40. The third kappa shape index (κ3) is 3.04. The first kappa shape index (κ1) is 13.8. The monoisotopic (exact) mass is 263 g/mol. The van der Waals surface area contributed by atoms with Crippen LogP contribution in [0.25, 0.3) is 0 Å². The second-order valence-corrected chi connectivity index (χ2v) is 4.78. The predicted octanol–water partition coefficient (Wildman–Crippen LogP) is 1.50. The number of likely N-dealkylation sites (tertiary alicyclic amines) is 1. The summed E-state index contributed by atoms with van der Waals surface area (Å²) < 4.78 is 0. The maximum atomic E-state index is 12.6. The van der Waals surface area contributed by atoms with Crippen molar-refractivity contribution in [1.29, 1.82) is 0 Å². The van der Waals surface area contributed by atoms with E-state index in [2.05, 4.69) is 10.3 Å². The maximum absolute atomic E-state index is 12.6. The van der Waals surface area contributed by atoms with E-state index in [4.69, 9.17) is 0 Å². The number of anilines is 1. The van der Waals surface area contributed by atoms with Crippen LogP contribution < -0.4 is 5.32 Å². The van der Waals surface area contributed by atoms with Crippen molar-refractivity contribution in [3.05, 3.63) is 24.0 Å². The van der Waals surface area contributed by atoms with Crippen molar-refractivity contribution in [2.24, 2.45) is 0 Å². The molecule has 5 nitrogen and oxygen atoms in total. The highest BCUT2D eigenvalue weighted by molar-refractivity contribution is 5.99. The van der Waals surface area contributed by atoms with Gasteiger partial charge in [0.05, 0.1) is 30.1 Å². The Morgan fingerprint density at radius 1 is 1.58 bits per heavy atom. The number of hydrogen-bond acceptors (Lipinski definition) is 4. The number of amides is 1. The van der Waals surface area contributed by atoms with Gasteiger partial charge < -0.3 is 15.3 Å². The molecule has 1 aromatic heterocycles. The number of carbonyl (C=O) groups is 1. The minimum absolute atomic E-state index is 0.0166. The van der Waals surface area contributed by atoms with E-state index in [1.54, 1.807) is 23.4 Å². The molecule has 2 heterocycles. The van der Waals surface area contributed by atoms with Crippen LogP contribution in [0.15, 0.2) is 18.5 Å². The molecule has 19 heavy (non-hydrogen) atoms. The zero-order chi connectivity index (χ0) is 13.7. The van der Waals surface area contributed by atoms with Crippen LogP contribution in [0.2, 0.25) is 0 Å². The topological polar surface area (TPSA) is 65.5 Å². The molecule has 1 saturated heterocycles. The Bertz CT molecular complexity index is 436. The highest BCUT2D eigenvalue weighted by atomic mass is 16.3. The Hall–Kier alpha value is -1.62. The number of pyridine rings is 1. The van der Waals surface area contributed by atoms with Gasteiger partial charge in [0.1, 0.15) is 0 Å². The summed E-state index contributed by atoms with van der Waals surface area (Å²) in [6.45, 7) is 3.49. The molecule has 1 amide bonds. The van der Waals surface area contributed by atoms with Gasteiger partial charge in [-0.05, 0) is 32.3 Å². The number of aliphatic hydroxyl groups excluding tert-OH is 1. The van der Waals surface area contributed by atoms with Crippen molar-refractivity contribution in [3.63, 3.8) is 0 Å². The van der Waals surface area contributed by atoms with Crippen LogP contribution in [-0.4, -0.2) is 46.6 Å². The first-order chi connectivity index (χ1) is 9.27. The van der Waals surface area contributed by atoms with Gasteiger partial charge in [-0.3, -0.25) is 9.78 Å². The van der Waals surface area contributed by atoms with Gasteiger partial charge in [-0.25, -0.2) is 0 Å². The van der Waals surface area contributed by atoms with Crippen LogP contribution in [0.3, 0.4) is 0 Å². The fourth-order valence-electron chi connectivity index (χ4n) is 2.52. The summed E-state index contributed by atoms with van der Waals surface area (Å²) in [5.74, 6) is -0.0166. The minimum Gasteiger partial charge on any atom is -0.394 e. The number of hydrogen-bond donors (Lipinski definition) is 2. The van der Waals surface area contributed by atoms with Crippen LogP contribution >= 0.6 is 0 Å². The molecule has 5 heteroatoms. The summed E-state index contributed by atoms with van der Waals surface area (Å²) in [7, 11) is 0. The minimum atomic E-state index is -0.0520. The van der Waals surface area contributed by atoms with Crippen LogP contribution in [-0.2, 0) is 0 Å². The Morgan fingerprint density at radius 2 is 2.42 bits per heavy atom. The second-order valence-electron chi connectivity index (χ2n) is 4.78. The fourth-order valence-corrected chi connectivity index (χ4v) is 2.52. The number of piperidine rings is 1. The van der Waals surface area contributed by atoms with Crippen molar-refractivity contribution < 1.29 is 9.90 Å². The number of nitrogens with one attached hydrogen (secondary N) is 1. The van der Waals surface area contributed by atoms with Crippen LogP contribution in [0.1, 0.15) is 36.5 Å². The summed E-state index contributed by atoms with van der Waals surface area (Å²) in [6, 6.07) is 1.69. The van der Waals surface area contributed by atoms with Crippen molar-refractivity contribution in [2.45, 2.75) is 32.2 Å². The van der Waals surface area contributed by atoms with Gasteiger partial charge in [-0.1, -0.05) is 0 Å². The molecule has 0 bridgehead atoms. The van der Waals surface area contributed by atoms with Gasteiger partial charge in [-0.2, -0.15) is 0 Å². The van der Waals surface area contributed by atoms with Gasteiger partial charge in [0.25, 0.3) is 5.91 Å². The number of aliphatic hydroxyl groups is 1. The van der Waals surface area contributed by atoms with Crippen molar-refractivity contribution in [1.82, 2.24) is 9.88 Å².